The highest BCUT2D eigenvalue weighted by atomic mass is 32.1. The van der Waals surface area contributed by atoms with E-state index in [4.69, 9.17) is 15.7 Å². The summed E-state index contributed by atoms with van der Waals surface area (Å²) in [4.78, 5) is 11.9. The van der Waals surface area contributed by atoms with Crippen molar-refractivity contribution in [2.75, 3.05) is 16.8 Å². The van der Waals surface area contributed by atoms with Gasteiger partial charge >= 0.3 is 0 Å². The molecule has 25 heavy (non-hydrogen) atoms. The number of nitrogens with two attached hydrogens (primary N) is 1. The first-order valence-corrected chi connectivity index (χ1v) is 9.74. The Kier molecular flexibility index (Phi) is 2.07. The van der Waals surface area contributed by atoms with Gasteiger partial charge in [0, 0.05) is 41.6 Å². The van der Waals surface area contributed by atoms with E-state index in [-0.39, 0.29) is 5.54 Å². The molecule has 4 atom stereocenters. The van der Waals surface area contributed by atoms with E-state index in [1.807, 2.05) is 0 Å². The summed E-state index contributed by atoms with van der Waals surface area (Å²) >= 11 is 1.66. The molecule has 2 aliphatic heterocycles. The van der Waals surface area contributed by atoms with Gasteiger partial charge in [0.25, 0.3) is 0 Å². The first-order chi connectivity index (χ1) is 12.2. The number of fused-ring (bicyclic) bond motifs is 2. The van der Waals surface area contributed by atoms with Crippen molar-refractivity contribution in [3.05, 3.63) is 23.2 Å². The number of hydrogen-bond acceptors (Lipinski definition) is 7. The van der Waals surface area contributed by atoms with Crippen LogP contribution in [0, 0.1) is 11.8 Å². The standard InChI is InChI=1S/C17H17N7S/c18-17-8-6-24(14(17)12(8)17)16-19-9-3-4-25-13(9)15(21-16)20-11-5-10(22-23-11)7-1-2-7/h3-5,7-8,12,14H,1-2,6,18H2,(H2,19,20,21,22,23)/t8-,12-,14?,17-/m0/s1. The second-order valence-electron chi connectivity index (χ2n) is 7.84. The Morgan fingerprint density at radius 2 is 2.24 bits per heavy atom. The first-order valence-electron chi connectivity index (χ1n) is 8.86. The maximum absolute atomic E-state index is 6.38. The minimum atomic E-state index is 0.0713. The Bertz CT molecular complexity index is 1030. The highest BCUT2D eigenvalue weighted by Gasteiger charge is 2.91. The zero-order valence-corrected chi connectivity index (χ0v) is 14.3. The molecule has 8 rings (SSSR count). The summed E-state index contributed by atoms with van der Waals surface area (Å²) in [5.74, 6) is 4.46. The number of piperidine rings is 1. The number of aromatic amines is 1. The van der Waals surface area contributed by atoms with E-state index in [9.17, 15) is 0 Å². The lowest BCUT2D eigenvalue weighted by Crippen LogP contribution is -2.29. The Balaban J connectivity index is 1.27. The average molecular weight is 351 g/mol. The van der Waals surface area contributed by atoms with Crippen LogP contribution < -0.4 is 16.0 Å². The van der Waals surface area contributed by atoms with Crippen LogP contribution in [0.4, 0.5) is 17.6 Å². The molecule has 1 unspecified atom stereocenters. The van der Waals surface area contributed by atoms with Crippen molar-refractivity contribution in [3.63, 3.8) is 0 Å². The molecule has 126 valence electrons. The van der Waals surface area contributed by atoms with E-state index >= 15 is 0 Å². The second-order valence-corrected chi connectivity index (χ2v) is 8.76. The molecular formula is C17H17N7S. The molecule has 4 N–H and O–H groups in total. The number of nitrogens with zero attached hydrogens (tertiary/aromatic N) is 4. The topological polar surface area (TPSA) is 95.8 Å². The summed E-state index contributed by atoms with van der Waals surface area (Å²) in [6.45, 7) is 0.995. The Hall–Kier alpha value is -2.19. The fourth-order valence-corrected chi connectivity index (χ4v) is 5.52. The average Bonchev–Trinajstić information content (AvgIpc) is 3.42. The Labute approximate surface area is 147 Å². The normalized spacial score (nSPS) is 34.4. The van der Waals surface area contributed by atoms with Crippen molar-refractivity contribution in [1.29, 1.82) is 0 Å². The van der Waals surface area contributed by atoms with Gasteiger partial charge in [-0.2, -0.15) is 10.1 Å². The van der Waals surface area contributed by atoms with Gasteiger partial charge in [0.05, 0.1) is 16.3 Å². The smallest absolute Gasteiger partial charge is 0.228 e. The highest BCUT2D eigenvalue weighted by Crippen LogP contribution is 2.77. The maximum Gasteiger partial charge on any atom is 0.228 e. The molecule has 0 amide bonds. The molecule has 5 fully saturated rings. The van der Waals surface area contributed by atoms with Crippen LogP contribution in [0.15, 0.2) is 17.5 Å². The van der Waals surface area contributed by atoms with Gasteiger partial charge in [-0.3, -0.25) is 5.10 Å². The van der Waals surface area contributed by atoms with Gasteiger partial charge < -0.3 is 16.0 Å². The Morgan fingerprint density at radius 1 is 1.36 bits per heavy atom. The largest absolute Gasteiger partial charge is 0.335 e. The molecule has 2 saturated heterocycles. The van der Waals surface area contributed by atoms with E-state index in [1.54, 1.807) is 11.3 Å². The highest BCUT2D eigenvalue weighted by molar-refractivity contribution is 7.17. The maximum atomic E-state index is 6.38. The fourth-order valence-electron chi connectivity index (χ4n) is 4.75. The molecule has 3 aromatic rings. The van der Waals surface area contributed by atoms with E-state index < -0.39 is 0 Å². The van der Waals surface area contributed by atoms with Gasteiger partial charge in [-0.15, -0.1) is 11.3 Å². The predicted octanol–water partition coefficient (Wildman–Crippen LogP) is 2.18. The van der Waals surface area contributed by atoms with Crippen LogP contribution in [-0.4, -0.2) is 38.3 Å². The number of thiophene rings is 1. The molecule has 3 saturated carbocycles. The SMILES string of the molecule is N[C@]12C3[C@@H]1[C@@H]2CN3c1nc(Nc2cc(C3CC3)[nH]n2)c2sccc2n1. The van der Waals surface area contributed by atoms with Crippen molar-refractivity contribution < 1.29 is 0 Å². The number of nitrogens with one attached hydrogen (secondary N) is 2. The molecule has 3 aliphatic carbocycles. The van der Waals surface area contributed by atoms with Crippen molar-refractivity contribution in [1.82, 2.24) is 20.2 Å². The molecule has 5 aliphatic rings. The molecule has 0 aromatic carbocycles. The van der Waals surface area contributed by atoms with Gasteiger partial charge in [0.1, 0.15) is 0 Å². The van der Waals surface area contributed by atoms with E-state index in [2.05, 4.69) is 37.9 Å². The van der Waals surface area contributed by atoms with Gasteiger partial charge in [-0.1, -0.05) is 0 Å². The minimum absolute atomic E-state index is 0.0713. The van der Waals surface area contributed by atoms with Gasteiger partial charge in [-0.05, 0) is 24.3 Å². The molecule has 7 nitrogen and oxygen atoms in total. The van der Waals surface area contributed by atoms with Crippen LogP contribution >= 0.6 is 11.3 Å². The molecule has 5 heterocycles. The summed E-state index contributed by atoms with van der Waals surface area (Å²) in [7, 11) is 0. The second kappa shape index (κ2) is 3.96. The number of rotatable bonds is 4. The molecule has 0 radical (unpaired) electrons. The summed E-state index contributed by atoms with van der Waals surface area (Å²) in [6, 6.07) is 4.61. The van der Waals surface area contributed by atoms with Crippen LogP contribution in [0.2, 0.25) is 0 Å². The summed E-state index contributed by atoms with van der Waals surface area (Å²) < 4.78 is 1.07. The van der Waals surface area contributed by atoms with Gasteiger partial charge in [0.2, 0.25) is 5.95 Å². The van der Waals surface area contributed by atoms with Crippen LogP contribution in [0.3, 0.4) is 0 Å². The molecule has 2 bridgehead atoms. The first kappa shape index (κ1) is 13.1. The molecule has 0 spiro atoms. The third kappa shape index (κ3) is 1.57. The molecule has 8 heteroatoms. The Morgan fingerprint density at radius 3 is 3.00 bits per heavy atom. The number of aromatic nitrogens is 4. The van der Waals surface area contributed by atoms with E-state index in [0.29, 0.717) is 23.8 Å². The summed E-state index contributed by atoms with van der Waals surface area (Å²) in [5.41, 5.74) is 8.66. The van der Waals surface area contributed by atoms with Crippen LogP contribution in [0.1, 0.15) is 24.5 Å². The number of anilines is 3. The van der Waals surface area contributed by atoms with Crippen LogP contribution in [0.5, 0.6) is 0 Å². The predicted molar refractivity (Wildman–Crippen MR) is 96.3 cm³/mol. The van der Waals surface area contributed by atoms with Gasteiger partial charge in [0.15, 0.2) is 11.6 Å². The van der Waals surface area contributed by atoms with Crippen molar-refractivity contribution in [2.45, 2.75) is 30.3 Å². The van der Waals surface area contributed by atoms with Gasteiger partial charge in [-0.25, -0.2) is 4.98 Å². The zero-order chi connectivity index (χ0) is 16.3. The lowest BCUT2D eigenvalue weighted by atomic mass is 10.2. The van der Waals surface area contributed by atoms with Crippen molar-refractivity contribution >= 4 is 39.1 Å². The van der Waals surface area contributed by atoms with Crippen LogP contribution in [-0.2, 0) is 0 Å². The summed E-state index contributed by atoms with van der Waals surface area (Å²) in [5, 5.41) is 13.0. The quantitative estimate of drug-likeness (QED) is 0.667. The molecular weight excluding hydrogens is 334 g/mol. The number of hydrogen-bond donors (Lipinski definition) is 3. The lowest BCUT2D eigenvalue weighted by Gasteiger charge is -2.17. The third-order valence-corrected chi connectivity index (χ3v) is 7.34. The fraction of sp³-hybridized carbons (Fsp3) is 0.471. The lowest BCUT2D eigenvalue weighted by molar-refractivity contribution is 0.665. The monoisotopic (exact) mass is 351 g/mol. The third-order valence-electron chi connectivity index (χ3n) is 6.43. The van der Waals surface area contributed by atoms with E-state index in [1.165, 1.54) is 18.5 Å². The van der Waals surface area contributed by atoms with Crippen molar-refractivity contribution in [2.24, 2.45) is 17.6 Å². The van der Waals surface area contributed by atoms with Crippen molar-refractivity contribution in [3.8, 4) is 0 Å². The number of H-pyrrole nitrogens is 1. The molecule has 3 aromatic heterocycles. The van der Waals surface area contributed by atoms with Crippen LogP contribution in [0.25, 0.3) is 10.2 Å². The van der Waals surface area contributed by atoms with E-state index in [0.717, 1.165) is 34.3 Å². The minimum Gasteiger partial charge on any atom is -0.335 e. The summed E-state index contributed by atoms with van der Waals surface area (Å²) in [6.07, 6.45) is 2.52. The zero-order valence-electron chi connectivity index (χ0n) is 13.4.